The molecule has 0 spiro atoms. The SMILES string of the molecule is CCCCCCCCCCCCNC(=O)[C@@H]1Cc2cc(OC)c(OC)cc2[C@H](c2ccc(OC)c(OC)c2)[C@H]1CO. The summed E-state index contributed by atoms with van der Waals surface area (Å²) < 4.78 is 22.3. The summed E-state index contributed by atoms with van der Waals surface area (Å²) in [7, 11) is 6.45. The lowest BCUT2D eigenvalue weighted by Gasteiger charge is -2.39. The first kappa shape index (κ1) is 32.6. The maximum Gasteiger partial charge on any atom is 0.223 e. The van der Waals surface area contributed by atoms with Crippen molar-refractivity contribution in [2.45, 2.75) is 83.5 Å². The van der Waals surface area contributed by atoms with Gasteiger partial charge in [-0.1, -0.05) is 70.8 Å². The molecule has 1 aliphatic rings. The Kier molecular flexibility index (Phi) is 13.6. The van der Waals surface area contributed by atoms with Crippen LogP contribution in [0, 0.1) is 11.8 Å². The highest BCUT2D eigenvalue weighted by Gasteiger charge is 2.41. The summed E-state index contributed by atoms with van der Waals surface area (Å²) in [5.74, 6) is 1.55. The number of unbranched alkanes of at least 4 members (excludes halogenated alkanes) is 9. The zero-order chi connectivity index (χ0) is 29.6. The number of carbonyl (C=O) groups is 1. The fourth-order valence-electron chi connectivity index (χ4n) is 6.20. The molecule has 7 nitrogen and oxygen atoms in total. The average molecular weight is 570 g/mol. The molecule has 228 valence electrons. The van der Waals surface area contributed by atoms with Gasteiger partial charge in [0.2, 0.25) is 5.91 Å². The molecule has 41 heavy (non-hydrogen) atoms. The van der Waals surface area contributed by atoms with Crippen LogP contribution in [0.25, 0.3) is 0 Å². The number of hydrogen-bond acceptors (Lipinski definition) is 6. The van der Waals surface area contributed by atoms with Crippen LogP contribution in [0.2, 0.25) is 0 Å². The molecule has 0 saturated carbocycles. The molecule has 3 rings (SSSR count). The molecule has 0 saturated heterocycles. The van der Waals surface area contributed by atoms with Crippen LogP contribution in [-0.2, 0) is 11.2 Å². The Morgan fingerprint density at radius 2 is 1.34 bits per heavy atom. The highest BCUT2D eigenvalue weighted by atomic mass is 16.5. The van der Waals surface area contributed by atoms with Crippen LogP contribution < -0.4 is 24.3 Å². The van der Waals surface area contributed by atoms with Gasteiger partial charge in [0.1, 0.15) is 0 Å². The number of amides is 1. The Morgan fingerprint density at radius 3 is 1.93 bits per heavy atom. The lowest BCUT2D eigenvalue weighted by Crippen LogP contribution is -2.43. The Labute approximate surface area is 246 Å². The summed E-state index contributed by atoms with van der Waals surface area (Å²) in [5.41, 5.74) is 2.99. The predicted octanol–water partition coefficient (Wildman–Crippen LogP) is 6.67. The fraction of sp³-hybridized carbons (Fsp3) is 0.618. The second kappa shape index (κ2) is 17.1. The number of methoxy groups -OCH3 is 4. The highest BCUT2D eigenvalue weighted by Crippen LogP contribution is 2.48. The number of nitrogens with one attached hydrogen (secondary N) is 1. The fourth-order valence-corrected chi connectivity index (χ4v) is 6.20. The van der Waals surface area contributed by atoms with E-state index in [1.807, 2.05) is 30.3 Å². The number of aliphatic hydroxyl groups excluding tert-OH is 1. The number of carbonyl (C=O) groups excluding carboxylic acids is 1. The van der Waals surface area contributed by atoms with E-state index in [0.29, 0.717) is 36.0 Å². The molecule has 7 heteroatoms. The minimum atomic E-state index is -0.383. The first-order valence-electron chi connectivity index (χ1n) is 15.4. The Bertz CT molecular complexity index is 1090. The van der Waals surface area contributed by atoms with Crippen LogP contribution in [-0.4, -0.2) is 52.6 Å². The molecule has 2 aromatic carbocycles. The molecule has 2 aromatic rings. The number of hydrogen-bond donors (Lipinski definition) is 2. The van der Waals surface area contributed by atoms with Crippen LogP contribution >= 0.6 is 0 Å². The van der Waals surface area contributed by atoms with Crippen molar-refractivity contribution in [2.75, 3.05) is 41.6 Å². The Hall–Kier alpha value is -2.93. The van der Waals surface area contributed by atoms with E-state index in [2.05, 4.69) is 12.2 Å². The maximum absolute atomic E-state index is 13.6. The Balaban J connectivity index is 1.73. The van der Waals surface area contributed by atoms with Gasteiger partial charge in [-0.05, 0) is 53.8 Å². The van der Waals surface area contributed by atoms with Gasteiger partial charge in [-0.15, -0.1) is 0 Å². The second-order valence-corrected chi connectivity index (χ2v) is 11.1. The molecular formula is C34H51NO6. The molecule has 0 bridgehead atoms. The molecule has 2 N–H and O–H groups in total. The van der Waals surface area contributed by atoms with Crippen molar-refractivity contribution in [2.24, 2.45) is 11.8 Å². The lowest BCUT2D eigenvalue weighted by atomic mass is 9.66. The van der Waals surface area contributed by atoms with Gasteiger partial charge in [0.25, 0.3) is 0 Å². The molecule has 0 aromatic heterocycles. The van der Waals surface area contributed by atoms with E-state index in [4.69, 9.17) is 18.9 Å². The molecule has 0 radical (unpaired) electrons. The molecule has 1 amide bonds. The zero-order valence-corrected chi connectivity index (χ0v) is 25.8. The first-order valence-corrected chi connectivity index (χ1v) is 15.4. The van der Waals surface area contributed by atoms with Gasteiger partial charge in [-0.3, -0.25) is 4.79 Å². The summed E-state index contributed by atoms with van der Waals surface area (Å²) in [6.07, 6.45) is 13.1. The van der Waals surface area contributed by atoms with Crippen LogP contribution in [0.1, 0.15) is 93.7 Å². The van der Waals surface area contributed by atoms with E-state index in [1.54, 1.807) is 28.4 Å². The molecule has 0 fully saturated rings. The molecule has 1 aliphatic carbocycles. The molecule has 0 heterocycles. The largest absolute Gasteiger partial charge is 0.493 e. The smallest absolute Gasteiger partial charge is 0.223 e. The van der Waals surface area contributed by atoms with Crippen molar-refractivity contribution >= 4 is 5.91 Å². The van der Waals surface area contributed by atoms with Gasteiger partial charge < -0.3 is 29.4 Å². The van der Waals surface area contributed by atoms with E-state index in [9.17, 15) is 9.90 Å². The van der Waals surface area contributed by atoms with E-state index in [-0.39, 0.29) is 30.3 Å². The van der Waals surface area contributed by atoms with E-state index in [0.717, 1.165) is 29.5 Å². The third kappa shape index (κ3) is 8.54. The van der Waals surface area contributed by atoms with Gasteiger partial charge in [0.15, 0.2) is 23.0 Å². The zero-order valence-electron chi connectivity index (χ0n) is 25.8. The van der Waals surface area contributed by atoms with E-state index >= 15 is 0 Å². The quantitative estimate of drug-likeness (QED) is 0.195. The van der Waals surface area contributed by atoms with Crippen molar-refractivity contribution in [3.05, 3.63) is 47.0 Å². The van der Waals surface area contributed by atoms with Crippen LogP contribution in [0.5, 0.6) is 23.0 Å². The number of rotatable bonds is 18. The van der Waals surface area contributed by atoms with Gasteiger partial charge in [-0.2, -0.15) is 0 Å². The summed E-state index contributed by atoms with van der Waals surface area (Å²) in [5, 5.41) is 13.9. The van der Waals surface area contributed by atoms with E-state index < -0.39 is 0 Å². The van der Waals surface area contributed by atoms with Crippen LogP contribution in [0.4, 0.5) is 0 Å². The maximum atomic E-state index is 13.6. The number of ether oxygens (including phenoxy) is 4. The molecule has 0 aliphatic heterocycles. The average Bonchev–Trinajstić information content (AvgIpc) is 3.01. The predicted molar refractivity (Wildman–Crippen MR) is 164 cm³/mol. The van der Waals surface area contributed by atoms with Gasteiger partial charge in [0.05, 0.1) is 28.4 Å². The topological polar surface area (TPSA) is 86.3 Å². The van der Waals surface area contributed by atoms with Crippen LogP contribution in [0.15, 0.2) is 30.3 Å². The van der Waals surface area contributed by atoms with Crippen molar-refractivity contribution in [1.29, 1.82) is 0 Å². The third-order valence-corrected chi connectivity index (χ3v) is 8.51. The monoisotopic (exact) mass is 569 g/mol. The van der Waals surface area contributed by atoms with Gasteiger partial charge in [-0.25, -0.2) is 0 Å². The minimum absolute atomic E-state index is 0.00844. The second-order valence-electron chi connectivity index (χ2n) is 11.1. The van der Waals surface area contributed by atoms with Crippen molar-refractivity contribution in [3.8, 4) is 23.0 Å². The summed E-state index contributed by atoms with van der Waals surface area (Å²) in [6.45, 7) is 2.79. The van der Waals surface area contributed by atoms with Gasteiger partial charge in [0, 0.05) is 30.9 Å². The van der Waals surface area contributed by atoms with Crippen molar-refractivity contribution in [3.63, 3.8) is 0 Å². The van der Waals surface area contributed by atoms with Crippen LogP contribution in [0.3, 0.4) is 0 Å². The number of fused-ring (bicyclic) bond motifs is 1. The summed E-state index contributed by atoms with van der Waals surface area (Å²) in [6, 6.07) is 9.75. The third-order valence-electron chi connectivity index (χ3n) is 8.51. The first-order chi connectivity index (χ1) is 20.0. The Morgan fingerprint density at radius 1 is 0.780 bits per heavy atom. The van der Waals surface area contributed by atoms with Crippen molar-refractivity contribution < 1.29 is 28.8 Å². The van der Waals surface area contributed by atoms with Crippen molar-refractivity contribution in [1.82, 2.24) is 5.32 Å². The lowest BCUT2D eigenvalue weighted by molar-refractivity contribution is -0.127. The minimum Gasteiger partial charge on any atom is -0.493 e. The number of benzene rings is 2. The normalized spacial score (nSPS) is 18.0. The standard InChI is InChI=1S/C34H51NO6/c1-6-7-8-9-10-11-12-13-14-15-18-35-34(37)27-19-25-21-31(40-4)32(41-5)22-26(25)33(28(27)23-36)24-16-17-29(38-2)30(20-24)39-3/h16-17,20-22,27-28,33,36H,6-15,18-19,23H2,1-5H3,(H,35,37)/t27-,28+,33+/m1/s1. The highest BCUT2D eigenvalue weighted by molar-refractivity contribution is 5.80. The molecule has 3 atom stereocenters. The molecule has 0 unspecified atom stereocenters. The summed E-state index contributed by atoms with van der Waals surface area (Å²) >= 11 is 0. The van der Waals surface area contributed by atoms with E-state index in [1.165, 1.54) is 51.4 Å². The molecular weight excluding hydrogens is 518 g/mol. The number of aliphatic hydroxyl groups is 1. The van der Waals surface area contributed by atoms with Gasteiger partial charge >= 0.3 is 0 Å². The summed E-state index contributed by atoms with van der Waals surface area (Å²) in [4.78, 5) is 13.6.